The molecule has 0 aromatic heterocycles. The van der Waals surface area contributed by atoms with Crippen molar-refractivity contribution in [2.24, 2.45) is 11.8 Å². The Balaban J connectivity index is 2.24. The molecule has 50 valence electrons. The molecule has 0 aromatic rings. The van der Waals surface area contributed by atoms with Gasteiger partial charge in [-0.25, -0.2) is 0 Å². The maximum Gasteiger partial charge on any atom is 0.0202 e. The Kier molecular flexibility index (Phi) is 2.16. The highest BCUT2D eigenvalue weighted by Crippen LogP contribution is 2.35. The van der Waals surface area contributed by atoms with Crippen LogP contribution in [-0.2, 0) is 0 Å². The standard InChI is InChI=1S/C9H14/c1-3-4-5-8(2)9-6-7-9/h8-9H,3,6-7H2,1-2H3. The molecule has 0 aliphatic heterocycles. The predicted octanol–water partition coefficient (Wildman–Crippen LogP) is 2.45. The fraction of sp³-hybridized carbons (Fsp3) is 0.778. The van der Waals surface area contributed by atoms with Crippen LogP contribution in [0.1, 0.15) is 33.1 Å². The van der Waals surface area contributed by atoms with E-state index in [-0.39, 0.29) is 0 Å². The highest BCUT2D eigenvalue weighted by atomic mass is 14.3. The van der Waals surface area contributed by atoms with E-state index < -0.39 is 0 Å². The van der Waals surface area contributed by atoms with Gasteiger partial charge in [-0.1, -0.05) is 19.8 Å². The SMILES string of the molecule is CCC#CC(C)C1CC1. The predicted molar refractivity (Wildman–Crippen MR) is 40.0 cm³/mol. The van der Waals surface area contributed by atoms with Crippen LogP contribution in [0.4, 0.5) is 0 Å². The normalized spacial score (nSPS) is 20.2. The van der Waals surface area contributed by atoms with E-state index in [2.05, 4.69) is 25.7 Å². The first kappa shape index (κ1) is 6.68. The Morgan fingerprint density at radius 1 is 1.56 bits per heavy atom. The van der Waals surface area contributed by atoms with Crippen LogP contribution in [0.3, 0.4) is 0 Å². The number of hydrogen-bond donors (Lipinski definition) is 0. The van der Waals surface area contributed by atoms with Gasteiger partial charge in [0.25, 0.3) is 0 Å². The minimum atomic E-state index is 0.671. The minimum Gasteiger partial charge on any atom is -0.103 e. The smallest absolute Gasteiger partial charge is 0.0202 e. The van der Waals surface area contributed by atoms with Crippen LogP contribution in [0.5, 0.6) is 0 Å². The molecule has 0 saturated heterocycles. The van der Waals surface area contributed by atoms with E-state index in [9.17, 15) is 0 Å². The molecule has 0 aromatic carbocycles. The third kappa shape index (κ3) is 2.10. The van der Waals surface area contributed by atoms with Gasteiger partial charge in [0, 0.05) is 12.3 Å². The molecule has 1 rings (SSSR count). The van der Waals surface area contributed by atoms with Crippen molar-refractivity contribution in [2.45, 2.75) is 33.1 Å². The van der Waals surface area contributed by atoms with Crippen LogP contribution >= 0.6 is 0 Å². The monoisotopic (exact) mass is 122 g/mol. The summed E-state index contributed by atoms with van der Waals surface area (Å²) in [6, 6.07) is 0. The third-order valence-electron chi connectivity index (χ3n) is 1.84. The van der Waals surface area contributed by atoms with Crippen LogP contribution in [0.15, 0.2) is 0 Å². The van der Waals surface area contributed by atoms with Gasteiger partial charge >= 0.3 is 0 Å². The first-order valence-electron chi connectivity index (χ1n) is 3.83. The van der Waals surface area contributed by atoms with Crippen LogP contribution in [-0.4, -0.2) is 0 Å². The number of hydrogen-bond acceptors (Lipinski definition) is 0. The summed E-state index contributed by atoms with van der Waals surface area (Å²) < 4.78 is 0. The summed E-state index contributed by atoms with van der Waals surface area (Å²) >= 11 is 0. The van der Waals surface area contributed by atoms with Gasteiger partial charge in [-0.2, -0.15) is 0 Å². The van der Waals surface area contributed by atoms with Gasteiger partial charge in [0.15, 0.2) is 0 Å². The molecule has 1 aliphatic rings. The zero-order valence-electron chi connectivity index (χ0n) is 6.28. The molecule has 0 radical (unpaired) electrons. The molecule has 1 atom stereocenters. The lowest BCUT2D eigenvalue weighted by atomic mass is 10.1. The van der Waals surface area contributed by atoms with Crippen LogP contribution < -0.4 is 0 Å². The summed E-state index contributed by atoms with van der Waals surface area (Å²) in [7, 11) is 0. The van der Waals surface area contributed by atoms with Gasteiger partial charge in [-0.3, -0.25) is 0 Å². The summed E-state index contributed by atoms with van der Waals surface area (Å²) in [5, 5.41) is 0. The van der Waals surface area contributed by atoms with Crippen molar-refractivity contribution in [3.8, 4) is 11.8 Å². The van der Waals surface area contributed by atoms with E-state index in [1.807, 2.05) is 0 Å². The van der Waals surface area contributed by atoms with Gasteiger partial charge in [-0.15, -0.1) is 5.92 Å². The second-order valence-corrected chi connectivity index (χ2v) is 2.80. The zero-order valence-corrected chi connectivity index (χ0v) is 6.28. The quantitative estimate of drug-likeness (QED) is 0.469. The minimum absolute atomic E-state index is 0.671. The maximum atomic E-state index is 3.24. The fourth-order valence-electron chi connectivity index (χ4n) is 0.977. The van der Waals surface area contributed by atoms with Crippen LogP contribution in [0, 0.1) is 23.7 Å². The summed E-state index contributed by atoms with van der Waals surface area (Å²) in [5.41, 5.74) is 0. The van der Waals surface area contributed by atoms with E-state index >= 15 is 0 Å². The second kappa shape index (κ2) is 2.92. The van der Waals surface area contributed by atoms with Crippen molar-refractivity contribution in [3.63, 3.8) is 0 Å². The van der Waals surface area contributed by atoms with Crippen molar-refractivity contribution >= 4 is 0 Å². The molecule has 0 nitrogen and oxygen atoms in total. The summed E-state index contributed by atoms with van der Waals surface area (Å²) in [5.74, 6) is 7.98. The molecule has 1 saturated carbocycles. The largest absolute Gasteiger partial charge is 0.103 e. The van der Waals surface area contributed by atoms with E-state index in [4.69, 9.17) is 0 Å². The molecule has 1 aliphatic carbocycles. The van der Waals surface area contributed by atoms with Crippen molar-refractivity contribution in [1.29, 1.82) is 0 Å². The van der Waals surface area contributed by atoms with Crippen LogP contribution in [0.25, 0.3) is 0 Å². The van der Waals surface area contributed by atoms with Crippen molar-refractivity contribution in [2.75, 3.05) is 0 Å². The van der Waals surface area contributed by atoms with Crippen molar-refractivity contribution < 1.29 is 0 Å². The topological polar surface area (TPSA) is 0 Å². The molecule has 0 bridgehead atoms. The summed E-state index contributed by atoms with van der Waals surface area (Å²) in [6.07, 6.45) is 3.84. The Hall–Kier alpha value is -0.440. The van der Waals surface area contributed by atoms with Crippen molar-refractivity contribution in [1.82, 2.24) is 0 Å². The van der Waals surface area contributed by atoms with Gasteiger partial charge in [0.1, 0.15) is 0 Å². The molecule has 0 amide bonds. The highest BCUT2D eigenvalue weighted by molar-refractivity contribution is 5.05. The Morgan fingerprint density at radius 3 is 2.67 bits per heavy atom. The molecule has 1 fully saturated rings. The zero-order chi connectivity index (χ0) is 6.69. The number of rotatable bonds is 1. The first-order chi connectivity index (χ1) is 4.34. The average Bonchev–Trinajstić information content (AvgIpc) is 2.63. The van der Waals surface area contributed by atoms with E-state index in [1.165, 1.54) is 12.8 Å². The summed E-state index contributed by atoms with van der Waals surface area (Å²) in [6.45, 7) is 4.34. The van der Waals surface area contributed by atoms with Gasteiger partial charge in [0.05, 0.1) is 0 Å². The average molecular weight is 122 g/mol. The fourth-order valence-corrected chi connectivity index (χ4v) is 0.977. The second-order valence-electron chi connectivity index (χ2n) is 2.80. The maximum absolute atomic E-state index is 3.24. The van der Waals surface area contributed by atoms with E-state index in [0.717, 1.165) is 12.3 Å². The lowest BCUT2D eigenvalue weighted by Crippen LogP contribution is -1.90. The Morgan fingerprint density at radius 2 is 2.22 bits per heavy atom. The third-order valence-corrected chi connectivity index (χ3v) is 1.84. The molecule has 0 heterocycles. The first-order valence-corrected chi connectivity index (χ1v) is 3.83. The van der Waals surface area contributed by atoms with E-state index in [1.54, 1.807) is 0 Å². The summed E-state index contributed by atoms with van der Waals surface area (Å²) in [4.78, 5) is 0. The van der Waals surface area contributed by atoms with E-state index in [0.29, 0.717) is 5.92 Å². The molecule has 1 unspecified atom stereocenters. The van der Waals surface area contributed by atoms with Crippen molar-refractivity contribution in [3.05, 3.63) is 0 Å². The molecule has 0 N–H and O–H groups in total. The lowest BCUT2D eigenvalue weighted by molar-refractivity contribution is 0.650. The molecule has 9 heavy (non-hydrogen) atoms. The highest BCUT2D eigenvalue weighted by Gasteiger charge is 2.26. The van der Waals surface area contributed by atoms with Gasteiger partial charge in [-0.05, 0) is 18.8 Å². The molecular weight excluding hydrogens is 108 g/mol. The lowest BCUT2D eigenvalue weighted by Gasteiger charge is -1.95. The molecule has 0 heteroatoms. The van der Waals surface area contributed by atoms with Gasteiger partial charge < -0.3 is 0 Å². The molecule has 0 spiro atoms. The Bertz CT molecular complexity index is 132. The Labute approximate surface area is 57.7 Å². The van der Waals surface area contributed by atoms with Gasteiger partial charge in [0.2, 0.25) is 0 Å². The molecular formula is C9H14. The van der Waals surface area contributed by atoms with Crippen LogP contribution in [0.2, 0.25) is 0 Å².